The molecule has 0 aliphatic carbocycles. The molecule has 0 radical (unpaired) electrons. The maximum atomic E-state index is 12.7. The molecule has 138 valence electrons. The van der Waals surface area contributed by atoms with Gasteiger partial charge in [-0.3, -0.25) is 8.75 Å². The van der Waals surface area contributed by atoms with Crippen molar-refractivity contribution < 1.29 is 26.2 Å². The lowest BCUT2D eigenvalue weighted by Crippen LogP contribution is -2.14. The molecular formula is C15H25O6PS2. The smallest absolute Gasteiger partial charge is 0.310 e. The van der Waals surface area contributed by atoms with Crippen LogP contribution in [-0.4, -0.2) is 33.7 Å². The van der Waals surface area contributed by atoms with Crippen molar-refractivity contribution in [1.82, 2.24) is 0 Å². The molecule has 1 unspecified atom stereocenters. The molecule has 24 heavy (non-hydrogen) atoms. The van der Waals surface area contributed by atoms with Crippen LogP contribution in [0.15, 0.2) is 28.0 Å². The summed E-state index contributed by atoms with van der Waals surface area (Å²) in [6.45, 7) is 7.18. The number of thioether (sulfide) groups is 1. The van der Waals surface area contributed by atoms with Gasteiger partial charge in [-0.05, 0) is 37.7 Å². The number of aryl methyl sites for hydroxylation is 1. The molecule has 0 aromatic heterocycles. The maximum Gasteiger partial charge on any atom is 0.357 e. The molecule has 0 N–H and O–H groups in total. The summed E-state index contributed by atoms with van der Waals surface area (Å²) in [7, 11) is -6.52. The number of rotatable bonds is 10. The summed E-state index contributed by atoms with van der Waals surface area (Å²) in [5.41, 5.74) is 0.658. The van der Waals surface area contributed by atoms with Gasteiger partial charge in [-0.1, -0.05) is 26.0 Å². The van der Waals surface area contributed by atoms with E-state index in [1.54, 1.807) is 26.0 Å². The SMILES string of the molecule is CCSc1cccc(CC)c1S(=O)(=O)OCP(=O)(OC)OC(C)C. The standard InChI is InChI=1S/C15H25O6PS2/c1-6-13-9-8-10-14(23-7-2)15(13)24(17,18)20-11-22(16,19-5)21-12(3)4/h8-10,12H,6-7,11H2,1-5H3. The first-order valence-corrected chi connectivity index (χ1v) is 11.8. The zero-order valence-corrected chi connectivity index (χ0v) is 17.2. The van der Waals surface area contributed by atoms with Crippen LogP contribution < -0.4 is 0 Å². The van der Waals surface area contributed by atoms with Gasteiger partial charge >= 0.3 is 7.60 Å². The highest BCUT2D eigenvalue weighted by Gasteiger charge is 2.31. The first kappa shape index (κ1) is 21.7. The van der Waals surface area contributed by atoms with Crippen LogP contribution in [0.1, 0.15) is 33.3 Å². The summed E-state index contributed by atoms with van der Waals surface area (Å²) >= 11 is 1.42. The number of benzene rings is 1. The van der Waals surface area contributed by atoms with E-state index in [-0.39, 0.29) is 11.0 Å². The zero-order valence-electron chi connectivity index (χ0n) is 14.6. The van der Waals surface area contributed by atoms with Gasteiger partial charge in [0, 0.05) is 12.0 Å². The average Bonchev–Trinajstić information content (AvgIpc) is 2.52. The minimum atomic E-state index is -4.09. The third-order valence-corrected chi connectivity index (χ3v) is 7.41. The van der Waals surface area contributed by atoms with E-state index in [4.69, 9.17) is 13.2 Å². The molecule has 0 aliphatic rings. The van der Waals surface area contributed by atoms with Crippen LogP contribution >= 0.6 is 19.4 Å². The second-order valence-electron chi connectivity index (χ2n) is 5.18. The Labute approximate surface area is 148 Å². The largest absolute Gasteiger partial charge is 0.357 e. The Kier molecular flexibility index (Phi) is 8.45. The third-order valence-electron chi connectivity index (χ3n) is 3.01. The first-order valence-electron chi connectivity index (χ1n) is 7.66. The molecule has 1 aromatic carbocycles. The quantitative estimate of drug-likeness (QED) is 0.332. The van der Waals surface area contributed by atoms with Gasteiger partial charge in [0.05, 0.1) is 6.10 Å². The van der Waals surface area contributed by atoms with Crippen LogP contribution in [0.5, 0.6) is 0 Å². The van der Waals surface area contributed by atoms with Crippen molar-refractivity contribution >= 4 is 29.5 Å². The van der Waals surface area contributed by atoms with E-state index in [0.717, 1.165) is 5.75 Å². The fourth-order valence-corrected chi connectivity index (χ4v) is 6.20. The van der Waals surface area contributed by atoms with Gasteiger partial charge in [-0.15, -0.1) is 11.8 Å². The molecule has 0 aliphatic heterocycles. The Balaban J connectivity index is 3.15. The Hall–Kier alpha value is -0.370. The van der Waals surface area contributed by atoms with Crippen LogP contribution in [0.25, 0.3) is 0 Å². The molecular weight excluding hydrogens is 371 g/mol. The summed E-state index contributed by atoms with van der Waals surface area (Å²) in [5, 5.41) is 0. The van der Waals surface area contributed by atoms with Gasteiger partial charge in [-0.25, -0.2) is 0 Å². The van der Waals surface area contributed by atoms with E-state index >= 15 is 0 Å². The average molecular weight is 396 g/mol. The molecule has 0 amide bonds. The van der Waals surface area contributed by atoms with Gasteiger partial charge in [0.2, 0.25) is 0 Å². The summed E-state index contributed by atoms with van der Waals surface area (Å²) in [5.74, 6) is 0.725. The second-order valence-corrected chi connectivity index (χ2v) is 10.1. The van der Waals surface area contributed by atoms with Crippen LogP contribution in [-0.2, 0) is 34.3 Å². The lowest BCUT2D eigenvalue weighted by atomic mass is 10.2. The molecule has 0 spiro atoms. The highest BCUT2D eigenvalue weighted by Crippen LogP contribution is 2.49. The van der Waals surface area contributed by atoms with E-state index in [9.17, 15) is 13.0 Å². The fourth-order valence-electron chi connectivity index (χ4n) is 2.03. The lowest BCUT2D eigenvalue weighted by molar-refractivity contribution is 0.171. The molecule has 1 aromatic rings. The van der Waals surface area contributed by atoms with Gasteiger partial charge in [0.15, 0.2) is 6.35 Å². The van der Waals surface area contributed by atoms with Crippen molar-refractivity contribution in [1.29, 1.82) is 0 Å². The van der Waals surface area contributed by atoms with Crippen molar-refractivity contribution in [3.63, 3.8) is 0 Å². The lowest BCUT2D eigenvalue weighted by Gasteiger charge is -2.19. The Morgan fingerprint density at radius 2 is 1.92 bits per heavy atom. The maximum absolute atomic E-state index is 12.7. The molecule has 1 atom stereocenters. The van der Waals surface area contributed by atoms with Crippen molar-refractivity contribution in [2.24, 2.45) is 0 Å². The van der Waals surface area contributed by atoms with Crippen LogP contribution in [0.4, 0.5) is 0 Å². The topological polar surface area (TPSA) is 78.9 Å². The molecule has 0 bridgehead atoms. The van der Waals surface area contributed by atoms with E-state index in [0.29, 0.717) is 16.9 Å². The minimum absolute atomic E-state index is 0.131. The van der Waals surface area contributed by atoms with Crippen LogP contribution in [0.3, 0.4) is 0 Å². The highest BCUT2D eigenvalue weighted by molar-refractivity contribution is 8.00. The summed E-state index contributed by atoms with van der Waals surface area (Å²) in [6.07, 6.45) is -0.491. The summed E-state index contributed by atoms with van der Waals surface area (Å²) < 4.78 is 52.9. The molecule has 1 rings (SSSR count). The minimum Gasteiger partial charge on any atom is -0.310 e. The van der Waals surface area contributed by atoms with Gasteiger partial charge in [0.1, 0.15) is 4.90 Å². The normalized spacial score (nSPS) is 14.8. The van der Waals surface area contributed by atoms with E-state index in [1.807, 2.05) is 19.9 Å². The molecule has 0 saturated heterocycles. The molecule has 6 nitrogen and oxygen atoms in total. The number of hydrogen-bond acceptors (Lipinski definition) is 7. The van der Waals surface area contributed by atoms with Gasteiger partial charge in [0.25, 0.3) is 10.1 Å². The molecule has 9 heteroatoms. The Morgan fingerprint density at radius 3 is 2.42 bits per heavy atom. The summed E-state index contributed by atoms with van der Waals surface area (Å²) in [4.78, 5) is 0.750. The van der Waals surface area contributed by atoms with Crippen molar-refractivity contribution in [2.45, 2.75) is 50.0 Å². The van der Waals surface area contributed by atoms with Crippen molar-refractivity contribution in [2.75, 3.05) is 19.2 Å². The number of hydrogen-bond donors (Lipinski definition) is 0. The van der Waals surface area contributed by atoms with Crippen molar-refractivity contribution in [3.8, 4) is 0 Å². The Morgan fingerprint density at radius 1 is 1.25 bits per heavy atom. The predicted molar refractivity (Wildman–Crippen MR) is 96.2 cm³/mol. The predicted octanol–water partition coefficient (Wildman–Crippen LogP) is 4.29. The first-order chi connectivity index (χ1) is 11.2. The van der Waals surface area contributed by atoms with E-state index in [2.05, 4.69) is 0 Å². The fraction of sp³-hybridized carbons (Fsp3) is 0.600. The van der Waals surface area contributed by atoms with Crippen LogP contribution in [0.2, 0.25) is 0 Å². The van der Waals surface area contributed by atoms with Crippen LogP contribution in [0, 0.1) is 0 Å². The van der Waals surface area contributed by atoms with E-state index < -0.39 is 24.1 Å². The second kappa shape index (κ2) is 9.36. The van der Waals surface area contributed by atoms with Gasteiger partial charge in [-0.2, -0.15) is 8.42 Å². The van der Waals surface area contributed by atoms with Gasteiger partial charge < -0.3 is 9.05 Å². The van der Waals surface area contributed by atoms with Crippen molar-refractivity contribution in [3.05, 3.63) is 23.8 Å². The van der Waals surface area contributed by atoms with E-state index in [1.165, 1.54) is 18.9 Å². The Bertz CT molecular complexity index is 687. The molecule has 0 heterocycles. The molecule has 0 saturated carbocycles. The zero-order chi connectivity index (χ0) is 18.4. The molecule has 0 fully saturated rings. The third kappa shape index (κ3) is 5.86. The highest BCUT2D eigenvalue weighted by atomic mass is 32.2. The monoisotopic (exact) mass is 396 g/mol. The summed E-state index contributed by atoms with van der Waals surface area (Å²) in [6, 6.07) is 5.30.